The maximum Gasteiger partial charge on any atom is 0.407 e. The van der Waals surface area contributed by atoms with E-state index < -0.39 is 11.7 Å². The SMILES string of the molecule is C=CC(=O)OC(C)(C)C.NC[C@@H]1CN(C(=O)O)CCO1. The van der Waals surface area contributed by atoms with E-state index in [1.54, 1.807) is 0 Å². The molecule has 1 atom stereocenters. The standard InChI is InChI=1S/C7H12O2.C6H12N2O3/c1-5-6(8)9-7(2,3)4;7-3-5-4-8(6(9)10)1-2-11-5/h5H,1H2,2-4H3;5H,1-4,7H2,(H,9,10)/t;5-/m.1/s1. The van der Waals surface area contributed by atoms with Gasteiger partial charge in [0, 0.05) is 19.2 Å². The topological polar surface area (TPSA) is 102 Å². The summed E-state index contributed by atoms with van der Waals surface area (Å²) in [4.78, 5) is 22.3. The quantitative estimate of drug-likeness (QED) is 0.576. The molecule has 0 saturated carbocycles. The van der Waals surface area contributed by atoms with E-state index in [4.69, 9.17) is 20.3 Å². The molecule has 1 fully saturated rings. The highest BCUT2D eigenvalue weighted by Gasteiger charge is 2.22. The lowest BCUT2D eigenvalue weighted by Crippen LogP contribution is -2.47. The van der Waals surface area contributed by atoms with E-state index >= 15 is 0 Å². The number of carbonyl (C=O) groups is 2. The van der Waals surface area contributed by atoms with Crippen molar-refractivity contribution in [2.24, 2.45) is 5.73 Å². The van der Waals surface area contributed by atoms with Crippen LogP contribution in [0.1, 0.15) is 20.8 Å². The minimum absolute atomic E-state index is 0.125. The third-order valence-corrected chi connectivity index (χ3v) is 2.25. The van der Waals surface area contributed by atoms with Gasteiger partial charge in [0.2, 0.25) is 0 Å². The molecule has 3 N–H and O–H groups in total. The van der Waals surface area contributed by atoms with Crippen LogP contribution >= 0.6 is 0 Å². The predicted octanol–water partition coefficient (Wildman–Crippen LogP) is 0.838. The molecule has 0 radical (unpaired) electrons. The van der Waals surface area contributed by atoms with E-state index in [1.165, 1.54) is 4.90 Å². The number of nitrogens with two attached hydrogens (primary N) is 1. The van der Waals surface area contributed by atoms with Crippen molar-refractivity contribution in [3.63, 3.8) is 0 Å². The molecule has 0 aromatic rings. The van der Waals surface area contributed by atoms with Crippen LogP contribution in [0.4, 0.5) is 4.79 Å². The first-order valence-corrected chi connectivity index (χ1v) is 6.34. The minimum atomic E-state index is -0.897. The number of esters is 1. The molecule has 0 unspecified atom stereocenters. The molecule has 1 amide bonds. The van der Waals surface area contributed by atoms with E-state index in [9.17, 15) is 9.59 Å². The van der Waals surface area contributed by atoms with E-state index in [2.05, 4.69) is 6.58 Å². The van der Waals surface area contributed by atoms with Crippen LogP contribution in [0.2, 0.25) is 0 Å². The number of carbonyl (C=O) groups excluding carboxylic acids is 1. The van der Waals surface area contributed by atoms with Gasteiger partial charge in [0.1, 0.15) is 5.60 Å². The number of morpholine rings is 1. The van der Waals surface area contributed by atoms with Crippen molar-refractivity contribution in [2.75, 3.05) is 26.2 Å². The van der Waals surface area contributed by atoms with Crippen LogP contribution in [0.15, 0.2) is 12.7 Å². The van der Waals surface area contributed by atoms with Gasteiger partial charge in [-0.2, -0.15) is 0 Å². The minimum Gasteiger partial charge on any atom is -0.465 e. The summed E-state index contributed by atoms with van der Waals surface area (Å²) in [6.45, 7) is 10.4. The highest BCUT2D eigenvalue weighted by molar-refractivity contribution is 5.81. The average molecular weight is 288 g/mol. The van der Waals surface area contributed by atoms with Crippen LogP contribution < -0.4 is 5.73 Å². The average Bonchev–Trinajstić information content (AvgIpc) is 2.37. The molecule has 7 heteroatoms. The van der Waals surface area contributed by atoms with Crippen molar-refractivity contribution < 1.29 is 24.2 Å². The van der Waals surface area contributed by atoms with E-state index in [-0.39, 0.29) is 12.1 Å². The van der Waals surface area contributed by atoms with E-state index in [0.29, 0.717) is 26.2 Å². The Kier molecular flexibility index (Phi) is 7.86. The number of rotatable bonds is 2. The fraction of sp³-hybridized carbons (Fsp3) is 0.692. The third-order valence-electron chi connectivity index (χ3n) is 2.25. The molecule has 0 aliphatic carbocycles. The van der Waals surface area contributed by atoms with Crippen molar-refractivity contribution >= 4 is 12.1 Å². The first-order chi connectivity index (χ1) is 9.19. The van der Waals surface area contributed by atoms with Crippen LogP contribution in [0.5, 0.6) is 0 Å². The van der Waals surface area contributed by atoms with Crippen molar-refractivity contribution in [3.05, 3.63) is 12.7 Å². The second kappa shape index (κ2) is 8.55. The zero-order valence-electron chi connectivity index (χ0n) is 12.3. The molecular formula is C13H24N2O5. The Labute approximate surface area is 119 Å². The maximum atomic E-state index is 10.5. The van der Waals surface area contributed by atoms with Crippen molar-refractivity contribution in [2.45, 2.75) is 32.5 Å². The molecule has 1 aliphatic rings. The summed E-state index contributed by atoms with van der Waals surface area (Å²) in [7, 11) is 0. The number of nitrogens with zero attached hydrogens (tertiary/aromatic N) is 1. The number of ether oxygens (including phenoxy) is 2. The number of amides is 1. The lowest BCUT2D eigenvalue weighted by molar-refractivity contribution is -0.148. The van der Waals surface area contributed by atoms with Gasteiger partial charge in [-0.1, -0.05) is 6.58 Å². The van der Waals surface area contributed by atoms with Gasteiger partial charge in [-0.15, -0.1) is 0 Å². The molecule has 0 spiro atoms. The van der Waals surface area contributed by atoms with Gasteiger partial charge < -0.3 is 25.2 Å². The van der Waals surface area contributed by atoms with Crippen LogP contribution in [-0.4, -0.2) is 60.0 Å². The lowest BCUT2D eigenvalue weighted by atomic mass is 10.2. The second-order valence-electron chi connectivity index (χ2n) is 5.19. The molecule has 1 saturated heterocycles. The lowest BCUT2D eigenvalue weighted by Gasteiger charge is -2.30. The summed E-state index contributed by atoms with van der Waals surface area (Å²) >= 11 is 0. The van der Waals surface area contributed by atoms with Gasteiger partial charge in [0.05, 0.1) is 19.3 Å². The Morgan fingerprint density at radius 1 is 1.55 bits per heavy atom. The second-order valence-corrected chi connectivity index (χ2v) is 5.19. The molecule has 20 heavy (non-hydrogen) atoms. The first kappa shape index (κ1) is 18.4. The Morgan fingerprint density at radius 3 is 2.50 bits per heavy atom. The fourth-order valence-electron chi connectivity index (χ4n) is 1.38. The Morgan fingerprint density at radius 2 is 2.15 bits per heavy atom. The largest absolute Gasteiger partial charge is 0.465 e. The van der Waals surface area contributed by atoms with Crippen LogP contribution in [0.25, 0.3) is 0 Å². The summed E-state index contributed by atoms with van der Waals surface area (Å²) in [5.41, 5.74) is 4.92. The zero-order valence-corrected chi connectivity index (χ0v) is 12.3. The summed E-state index contributed by atoms with van der Waals surface area (Å²) in [6, 6.07) is 0. The molecule has 7 nitrogen and oxygen atoms in total. The number of hydrogen-bond donors (Lipinski definition) is 2. The summed E-state index contributed by atoms with van der Waals surface area (Å²) in [6.07, 6.45) is 0.136. The summed E-state index contributed by atoms with van der Waals surface area (Å²) in [5, 5.41) is 8.58. The molecule has 116 valence electrons. The number of carboxylic acid groups (broad SMARTS) is 1. The Bertz CT molecular complexity index is 338. The molecule has 1 heterocycles. The van der Waals surface area contributed by atoms with Gasteiger partial charge in [-0.25, -0.2) is 9.59 Å². The Balaban J connectivity index is 0.000000370. The predicted molar refractivity (Wildman–Crippen MR) is 74.4 cm³/mol. The van der Waals surface area contributed by atoms with Crippen molar-refractivity contribution in [1.82, 2.24) is 4.90 Å². The van der Waals surface area contributed by atoms with Gasteiger partial charge >= 0.3 is 12.1 Å². The van der Waals surface area contributed by atoms with Crippen molar-refractivity contribution in [1.29, 1.82) is 0 Å². The van der Waals surface area contributed by atoms with Crippen LogP contribution in [-0.2, 0) is 14.3 Å². The smallest absolute Gasteiger partial charge is 0.407 e. The molecule has 0 aromatic heterocycles. The molecule has 0 bridgehead atoms. The maximum absolute atomic E-state index is 10.5. The van der Waals surface area contributed by atoms with Gasteiger partial charge in [-0.05, 0) is 20.8 Å². The molecule has 1 aliphatic heterocycles. The highest BCUT2D eigenvalue weighted by atomic mass is 16.6. The van der Waals surface area contributed by atoms with Gasteiger partial charge in [-0.3, -0.25) is 0 Å². The first-order valence-electron chi connectivity index (χ1n) is 6.34. The molecule has 0 aromatic carbocycles. The summed E-state index contributed by atoms with van der Waals surface area (Å²) < 4.78 is 10.0. The number of hydrogen-bond acceptors (Lipinski definition) is 5. The third kappa shape index (κ3) is 8.49. The highest BCUT2D eigenvalue weighted by Crippen LogP contribution is 2.06. The normalized spacial score (nSPS) is 18.6. The van der Waals surface area contributed by atoms with Crippen molar-refractivity contribution in [3.8, 4) is 0 Å². The molecule has 1 rings (SSSR count). The monoisotopic (exact) mass is 288 g/mol. The van der Waals surface area contributed by atoms with Gasteiger partial charge in [0.25, 0.3) is 0 Å². The molecular weight excluding hydrogens is 264 g/mol. The van der Waals surface area contributed by atoms with Gasteiger partial charge in [0.15, 0.2) is 0 Å². The fourth-order valence-corrected chi connectivity index (χ4v) is 1.38. The zero-order chi connectivity index (χ0) is 15.8. The summed E-state index contributed by atoms with van der Waals surface area (Å²) in [5.74, 6) is -0.373. The van der Waals surface area contributed by atoms with E-state index in [0.717, 1.165) is 6.08 Å². The van der Waals surface area contributed by atoms with Crippen LogP contribution in [0.3, 0.4) is 0 Å². The van der Waals surface area contributed by atoms with E-state index in [1.807, 2.05) is 20.8 Å². The Hall–Kier alpha value is -1.60. The van der Waals surface area contributed by atoms with Crippen LogP contribution in [0, 0.1) is 0 Å².